The van der Waals surface area contributed by atoms with Crippen molar-refractivity contribution in [2.24, 2.45) is 0 Å². The van der Waals surface area contributed by atoms with E-state index in [9.17, 15) is 8.42 Å². The highest BCUT2D eigenvalue weighted by atomic mass is 79.9. The van der Waals surface area contributed by atoms with Crippen LogP contribution in [0.15, 0.2) is 44.3 Å². The van der Waals surface area contributed by atoms with Crippen LogP contribution in [0.3, 0.4) is 0 Å². The van der Waals surface area contributed by atoms with Gasteiger partial charge < -0.3 is 9.52 Å². The number of sulfonamides is 1. The summed E-state index contributed by atoms with van der Waals surface area (Å²) in [6, 6.07) is 6.51. The molecule has 0 spiro atoms. The molecule has 0 aliphatic carbocycles. The van der Waals surface area contributed by atoms with Crippen LogP contribution in [-0.2, 0) is 23.2 Å². The Kier molecular flexibility index (Phi) is 4.88. The summed E-state index contributed by atoms with van der Waals surface area (Å²) < 4.78 is 32.2. The summed E-state index contributed by atoms with van der Waals surface area (Å²) in [5.74, 6) is 0.695. The van der Waals surface area contributed by atoms with Crippen molar-refractivity contribution in [3.8, 4) is 0 Å². The van der Waals surface area contributed by atoms with Gasteiger partial charge in [0, 0.05) is 23.6 Å². The van der Waals surface area contributed by atoms with Crippen LogP contribution in [0.4, 0.5) is 0 Å². The monoisotopic (exact) mass is 373 g/mol. The second kappa shape index (κ2) is 6.31. The van der Waals surface area contributed by atoms with Crippen LogP contribution in [0.1, 0.15) is 16.9 Å². The average Bonchev–Trinajstić information content (AvgIpc) is 2.84. The number of rotatable bonds is 5. The molecule has 0 atom stereocenters. The van der Waals surface area contributed by atoms with Gasteiger partial charge in [-0.2, -0.15) is 4.31 Å². The Labute approximate surface area is 132 Å². The van der Waals surface area contributed by atoms with Gasteiger partial charge in [-0.1, -0.05) is 6.07 Å². The second-order valence-corrected chi connectivity index (χ2v) is 7.55. The lowest BCUT2D eigenvalue weighted by Gasteiger charge is -2.18. The Morgan fingerprint density at radius 3 is 2.62 bits per heavy atom. The van der Waals surface area contributed by atoms with Gasteiger partial charge >= 0.3 is 0 Å². The Bertz CT molecular complexity index is 739. The van der Waals surface area contributed by atoms with Gasteiger partial charge in [-0.05, 0) is 46.6 Å². The number of furan rings is 1. The van der Waals surface area contributed by atoms with E-state index in [2.05, 4.69) is 15.9 Å². The number of hydrogen-bond acceptors (Lipinski definition) is 4. The topological polar surface area (TPSA) is 70.8 Å². The summed E-state index contributed by atoms with van der Waals surface area (Å²) in [6.45, 7) is 1.80. The lowest BCUT2D eigenvalue weighted by molar-refractivity contribution is 0.281. The second-order valence-electron chi connectivity index (χ2n) is 4.69. The van der Waals surface area contributed by atoms with Crippen LogP contribution in [0, 0.1) is 6.92 Å². The molecule has 0 aliphatic rings. The van der Waals surface area contributed by atoms with E-state index in [0.717, 1.165) is 5.56 Å². The predicted molar refractivity (Wildman–Crippen MR) is 82.2 cm³/mol. The van der Waals surface area contributed by atoms with Crippen LogP contribution in [0.25, 0.3) is 0 Å². The fourth-order valence-electron chi connectivity index (χ4n) is 1.91. The number of aliphatic hydroxyl groups excluding tert-OH is 1. The van der Waals surface area contributed by atoms with Crippen molar-refractivity contribution in [1.29, 1.82) is 0 Å². The molecular formula is C14H16BrNO4S. The minimum absolute atomic E-state index is 0.137. The lowest BCUT2D eigenvalue weighted by Crippen LogP contribution is -2.27. The van der Waals surface area contributed by atoms with Gasteiger partial charge in [0.2, 0.25) is 10.0 Å². The van der Waals surface area contributed by atoms with E-state index < -0.39 is 10.0 Å². The Morgan fingerprint density at radius 2 is 2.05 bits per heavy atom. The van der Waals surface area contributed by atoms with Crippen molar-refractivity contribution in [2.75, 3.05) is 7.05 Å². The minimum Gasteiger partial charge on any atom is -0.469 e. The molecule has 0 bridgehead atoms. The molecule has 0 saturated carbocycles. The van der Waals surface area contributed by atoms with Crippen molar-refractivity contribution in [1.82, 2.24) is 4.31 Å². The summed E-state index contributed by atoms with van der Waals surface area (Å²) in [6.07, 6.45) is 1.54. The van der Waals surface area contributed by atoms with Crippen molar-refractivity contribution in [2.45, 2.75) is 25.0 Å². The molecule has 0 amide bonds. The van der Waals surface area contributed by atoms with Crippen LogP contribution >= 0.6 is 15.9 Å². The van der Waals surface area contributed by atoms with E-state index in [0.29, 0.717) is 15.8 Å². The lowest BCUT2D eigenvalue weighted by atomic mass is 10.2. The molecule has 5 nitrogen and oxygen atoms in total. The summed E-state index contributed by atoms with van der Waals surface area (Å²) in [5.41, 5.74) is 1.36. The van der Waals surface area contributed by atoms with Crippen LogP contribution in [0.2, 0.25) is 0 Å². The van der Waals surface area contributed by atoms with Crippen molar-refractivity contribution in [3.63, 3.8) is 0 Å². The van der Waals surface area contributed by atoms with Gasteiger partial charge in [-0.3, -0.25) is 0 Å². The van der Waals surface area contributed by atoms with Gasteiger partial charge in [0.25, 0.3) is 0 Å². The van der Waals surface area contributed by atoms with Gasteiger partial charge in [-0.25, -0.2) is 8.42 Å². The highest BCUT2D eigenvalue weighted by Gasteiger charge is 2.24. The third-order valence-electron chi connectivity index (χ3n) is 3.23. The molecule has 0 fully saturated rings. The third-order valence-corrected chi connectivity index (χ3v) is 6.02. The smallest absolute Gasteiger partial charge is 0.244 e. The fourth-order valence-corrected chi connectivity index (χ4v) is 4.03. The van der Waals surface area contributed by atoms with Crippen molar-refractivity contribution >= 4 is 26.0 Å². The van der Waals surface area contributed by atoms with E-state index in [-0.39, 0.29) is 18.0 Å². The first-order valence-corrected chi connectivity index (χ1v) is 8.48. The molecule has 21 heavy (non-hydrogen) atoms. The van der Waals surface area contributed by atoms with Gasteiger partial charge in [0.1, 0.15) is 5.76 Å². The third kappa shape index (κ3) is 3.37. The highest BCUT2D eigenvalue weighted by Crippen LogP contribution is 2.27. The van der Waals surface area contributed by atoms with Gasteiger partial charge in [-0.15, -0.1) is 0 Å². The number of aliphatic hydroxyl groups is 1. The fraction of sp³-hybridized carbons (Fsp3) is 0.286. The molecule has 0 saturated heterocycles. The molecule has 2 rings (SSSR count). The molecule has 0 aliphatic heterocycles. The van der Waals surface area contributed by atoms with Crippen LogP contribution in [-0.4, -0.2) is 24.9 Å². The number of nitrogens with zero attached hydrogens (tertiary/aromatic N) is 1. The molecular weight excluding hydrogens is 358 g/mol. The Morgan fingerprint density at radius 1 is 1.33 bits per heavy atom. The molecule has 0 radical (unpaired) electrons. The highest BCUT2D eigenvalue weighted by molar-refractivity contribution is 9.10. The van der Waals surface area contributed by atoms with Crippen LogP contribution in [0.5, 0.6) is 0 Å². The largest absolute Gasteiger partial charge is 0.469 e. The number of aryl methyl sites for hydroxylation is 1. The van der Waals surface area contributed by atoms with E-state index >= 15 is 0 Å². The zero-order chi connectivity index (χ0) is 15.6. The standard InChI is InChI=1S/C14H16BrNO4S/c1-10-12(5-6-20-10)8-16(2)21(18,19)14-7-11(9-17)3-4-13(14)15/h3-7,17H,8-9H2,1-2H3. The number of halogens is 1. The molecule has 2 aromatic rings. The quantitative estimate of drug-likeness (QED) is 0.874. The summed E-state index contributed by atoms with van der Waals surface area (Å²) in [4.78, 5) is 0.137. The van der Waals surface area contributed by atoms with E-state index in [1.54, 1.807) is 25.1 Å². The molecule has 114 valence electrons. The first-order chi connectivity index (χ1) is 9.86. The van der Waals surface area contributed by atoms with Crippen molar-refractivity contribution < 1.29 is 17.9 Å². The maximum atomic E-state index is 12.6. The molecule has 7 heteroatoms. The first kappa shape index (κ1) is 16.2. The van der Waals surface area contributed by atoms with Gasteiger partial charge in [0.05, 0.1) is 17.8 Å². The van der Waals surface area contributed by atoms with E-state index in [1.807, 2.05) is 0 Å². The number of benzene rings is 1. The molecule has 1 aromatic carbocycles. The SMILES string of the molecule is Cc1occc1CN(C)S(=O)(=O)c1cc(CO)ccc1Br. The maximum absolute atomic E-state index is 12.6. The predicted octanol–water partition coefficient (Wildman–Crippen LogP) is 2.66. The zero-order valence-electron chi connectivity index (χ0n) is 11.7. The first-order valence-electron chi connectivity index (χ1n) is 6.25. The summed E-state index contributed by atoms with van der Waals surface area (Å²) in [5, 5.41) is 9.16. The molecule has 1 aromatic heterocycles. The van der Waals surface area contributed by atoms with E-state index in [1.165, 1.54) is 23.7 Å². The summed E-state index contributed by atoms with van der Waals surface area (Å²) in [7, 11) is -2.15. The minimum atomic E-state index is -3.66. The Hall–Kier alpha value is -1.15. The summed E-state index contributed by atoms with van der Waals surface area (Å²) >= 11 is 3.25. The van der Waals surface area contributed by atoms with Crippen molar-refractivity contribution in [3.05, 3.63) is 51.9 Å². The molecule has 1 N–H and O–H groups in total. The zero-order valence-corrected chi connectivity index (χ0v) is 14.1. The average molecular weight is 374 g/mol. The molecule has 0 unspecified atom stereocenters. The number of hydrogen-bond donors (Lipinski definition) is 1. The maximum Gasteiger partial charge on any atom is 0.244 e. The van der Waals surface area contributed by atoms with E-state index in [4.69, 9.17) is 9.52 Å². The van der Waals surface area contributed by atoms with Crippen LogP contribution < -0.4 is 0 Å². The Balaban J connectivity index is 2.35. The normalized spacial score (nSPS) is 12.0. The molecule has 1 heterocycles. The van der Waals surface area contributed by atoms with Gasteiger partial charge in [0.15, 0.2) is 0 Å².